The van der Waals surface area contributed by atoms with Crippen LogP contribution >= 0.6 is 11.3 Å². The molecule has 0 saturated heterocycles. The summed E-state index contributed by atoms with van der Waals surface area (Å²) in [5.41, 5.74) is 1.61. The normalized spacial score (nSPS) is 12.1. The third-order valence-electron chi connectivity index (χ3n) is 4.16. The maximum Gasteiger partial charge on any atom is 0.228 e. The van der Waals surface area contributed by atoms with Crippen molar-refractivity contribution in [2.45, 2.75) is 26.3 Å². The molecule has 3 aromatic rings. The van der Waals surface area contributed by atoms with Gasteiger partial charge in [-0.05, 0) is 37.4 Å². The zero-order chi connectivity index (χ0) is 17.1. The number of aryl methyl sites for hydroxylation is 1. The SMILES string of the molecule is Cc1oc(-c2ccccc2)nc1CC(=O)N(C)C(C)c1cccs1. The van der Waals surface area contributed by atoms with Gasteiger partial charge in [0.25, 0.3) is 0 Å². The highest BCUT2D eigenvalue weighted by Crippen LogP contribution is 2.25. The third-order valence-corrected chi connectivity index (χ3v) is 5.20. The van der Waals surface area contributed by atoms with Crippen LogP contribution in [0.2, 0.25) is 0 Å². The first-order valence-corrected chi connectivity index (χ1v) is 8.75. The quantitative estimate of drug-likeness (QED) is 0.688. The first kappa shape index (κ1) is 16.5. The van der Waals surface area contributed by atoms with Crippen molar-refractivity contribution in [1.82, 2.24) is 9.88 Å². The Hall–Kier alpha value is -2.40. The second-order valence-electron chi connectivity index (χ2n) is 5.76. The lowest BCUT2D eigenvalue weighted by Gasteiger charge is -2.23. The molecule has 0 bridgehead atoms. The molecule has 0 N–H and O–H groups in total. The van der Waals surface area contributed by atoms with E-state index in [1.807, 2.05) is 68.7 Å². The van der Waals surface area contributed by atoms with Gasteiger partial charge in [0.05, 0.1) is 18.2 Å². The minimum Gasteiger partial charge on any atom is -0.441 e. The molecule has 1 amide bonds. The Morgan fingerprint density at radius 2 is 2.00 bits per heavy atom. The number of amides is 1. The van der Waals surface area contributed by atoms with E-state index in [4.69, 9.17) is 4.42 Å². The number of hydrogen-bond acceptors (Lipinski definition) is 4. The molecule has 1 unspecified atom stereocenters. The highest BCUT2D eigenvalue weighted by molar-refractivity contribution is 7.10. The van der Waals surface area contributed by atoms with Crippen LogP contribution in [0.3, 0.4) is 0 Å². The number of carbonyl (C=O) groups is 1. The molecule has 5 heteroatoms. The van der Waals surface area contributed by atoms with Gasteiger partial charge in [-0.1, -0.05) is 24.3 Å². The Kier molecular flexibility index (Phi) is 4.81. The molecule has 0 radical (unpaired) electrons. The first-order valence-electron chi connectivity index (χ1n) is 7.87. The number of carbonyl (C=O) groups excluding carboxylic acids is 1. The third kappa shape index (κ3) is 3.41. The monoisotopic (exact) mass is 340 g/mol. The Morgan fingerprint density at radius 3 is 2.67 bits per heavy atom. The number of hydrogen-bond donors (Lipinski definition) is 0. The van der Waals surface area contributed by atoms with Crippen LogP contribution in [0.15, 0.2) is 52.3 Å². The van der Waals surface area contributed by atoms with Gasteiger partial charge in [-0.15, -0.1) is 11.3 Å². The zero-order valence-corrected chi connectivity index (χ0v) is 14.8. The lowest BCUT2D eigenvalue weighted by Crippen LogP contribution is -2.30. The molecule has 4 nitrogen and oxygen atoms in total. The van der Waals surface area contributed by atoms with Crippen molar-refractivity contribution < 1.29 is 9.21 Å². The molecule has 0 aliphatic heterocycles. The van der Waals surface area contributed by atoms with E-state index in [9.17, 15) is 4.79 Å². The smallest absolute Gasteiger partial charge is 0.228 e. The molecule has 1 aromatic carbocycles. The van der Waals surface area contributed by atoms with E-state index in [1.54, 1.807) is 16.2 Å². The first-order chi connectivity index (χ1) is 11.6. The summed E-state index contributed by atoms with van der Waals surface area (Å²) >= 11 is 1.66. The fourth-order valence-electron chi connectivity index (χ4n) is 2.50. The van der Waals surface area contributed by atoms with E-state index in [0.29, 0.717) is 17.3 Å². The molecule has 0 spiro atoms. The van der Waals surface area contributed by atoms with E-state index in [2.05, 4.69) is 4.98 Å². The minimum absolute atomic E-state index is 0.0342. The summed E-state index contributed by atoms with van der Waals surface area (Å²) in [7, 11) is 1.83. The molecule has 0 aliphatic rings. The van der Waals surface area contributed by atoms with Crippen molar-refractivity contribution in [2.24, 2.45) is 0 Å². The van der Waals surface area contributed by atoms with Crippen LogP contribution in [0.25, 0.3) is 11.5 Å². The number of aromatic nitrogens is 1. The average Bonchev–Trinajstić information content (AvgIpc) is 3.25. The lowest BCUT2D eigenvalue weighted by molar-refractivity contribution is -0.131. The van der Waals surface area contributed by atoms with Crippen molar-refractivity contribution in [3.8, 4) is 11.5 Å². The molecule has 24 heavy (non-hydrogen) atoms. The van der Waals surface area contributed by atoms with Crippen molar-refractivity contribution in [3.05, 3.63) is 64.2 Å². The minimum atomic E-state index is 0.0342. The van der Waals surface area contributed by atoms with E-state index in [-0.39, 0.29) is 18.4 Å². The molecule has 1 atom stereocenters. The van der Waals surface area contributed by atoms with Gasteiger partial charge in [-0.3, -0.25) is 4.79 Å². The van der Waals surface area contributed by atoms with Gasteiger partial charge in [0, 0.05) is 17.5 Å². The topological polar surface area (TPSA) is 46.3 Å². The van der Waals surface area contributed by atoms with Gasteiger partial charge in [-0.2, -0.15) is 0 Å². The number of oxazole rings is 1. The van der Waals surface area contributed by atoms with Crippen LogP contribution in [0.1, 0.15) is 29.3 Å². The number of benzene rings is 1. The van der Waals surface area contributed by atoms with E-state index < -0.39 is 0 Å². The van der Waals surface area contributed by atoms with E-state index >= 15 is 0 Å². The standard InChI is InChI=1S/C19H20N2O2S/c1-13(17-10-7-11-24-17)21(3)18(22)12-16-14(2)23-19(20-16)15-8-5-4-6-9-15/h4-11,13H,12H2,1-3H3. The summed E-state index contributed by atoms with van der Waals surface area (Å²) in [5.74, 6) is 1.29. The highest BCUT2D eigenvalue weighted by Gasteiger charge is 2.21. The van der Waals surface area contributed by atoms with Gasteiger partial charge in [-0.25, -0.2) is 4.98 Å². The fraction of sp³-hybridized carbons (Fsp3) is 0.263. The maximum absolute atomic E-state index is 12.6. The molecule has 0 aliphatic carbocycles. The van der Waals surface area contributed by atoms with Gasteiger partial charge in [0.15, 0.2) is 0 Å². The molecule has 0 saturated carbocycles. The van der Waals surface area contributed by atoms with Crippen molar-refractivity contribution in [2.75, 3.05) is 7.05 Å². The van der Waals surface area contributed by atoms with Gasteiger partial charge >= 0.3 is 0 Å². The number of thiophene rings is 1. The predicted octanol–water partition coefficient (Wildman–Crippen LogP) is 4.47. The zero-order valence-electron chi connectivity index (χ0n) is 14.0. The second kappa shape index (κ2) is 7.01. The Bertz CT molecular complexity index is 809. The Balaban J connectivity index is 1.74. The maximum atomic E-state index is 12.6. The van der Waals surface area contributed by atoms with Crippen LogP contribution in [-0.4, -0.2) is 22.8 Å². The molecular weight excluding hydrogens is 320 g/mol. The van der Waals surface area contributed by atoms with Crippen LogP contribution in [0.4, 0.5) is 0 Å². The highest BCUT2D eigenvalue weighted by atomic mass is 32.1. The number of rotatable bonds is 5. The summed E-state index contributed by atoms with van der Waals surface area (Å²) < 4.78 is 5.73. The van der Waals surface area contributed by atoms with Gasteiger partial charge in [0.2, 0.25) is 11.8 Å². The van der Waals surface area contributed by atoms with Gasteiger partial charge < -0.3 is 9.32 Å². The molecule has 124 valence electrons. The molecule has 0 fully saturated rings. The summed E-state index contributed by atoms with van der Waals surface area (Å²) in [6.45, 7) is 3.89. The van der Waals surface area contributed by atoms with Crippen LogP contribution in [-0.2, 0) is 11.2 Å². The summed E-state index contributed by atoms with van der Waals surface area (Å²) in [4.78, 5) is 20.0. The van der Waals surface area contributed by atoms with Crippen molar-refractivity contribution in [3.63, 3.8) is 0 Å². The predicted molar refractivity (Wildman–Crippen MR) is 95.9 cm³/mol. The number of nitrogens with zero attached hydrogens (tertiary/aromatic N) is 2. The Morgan fingerprint density at radius 1 is 1.25 bits per heavy atom. The van der Waals surface area contributed by atoms with Crippen LogP contribution < -0.4 is 0 Å². The summed E-state index contributed by atoms with van der Waals surface area (Å²) in [6, 6.07) is 13.8. The lowest BCUT2D eigenvalue weighted by atomic mass is 10.2. The van der Waals surface area contributed by atoms with Crippen LogP contribution in [0, 0.1) is 6.92 Å². The van der Waals surface area contributed by atoms with E-state index in [1.165, 1.54) is 4.88 Å². The average molecular weight is 340 g/mol. The molecule has 2 heterocycles. The summed E-state index contributed by atoms with van der Waals surface area (Å²) in [6.07, 6.45) is 0.244. The number of likely N-dealkylation sites (N-methyl/N-ethyl adjacent to an activating group) is 1. The van der Waals surface area contributed by atoms with Crippen molar-refractivity contribution in [1.29, 1.82) is 0 Å². The largest absolute Gasteiger partial charge is 0.441 e. The second-order valence-corrected chi connectivity index (χ2v) is 6.74. The summed E-state index contributed by atoms with van der Waals surface area (Å²) in [5, 5.41) is 2.03. The van der Waals surface area contributed by atoms with Crippen molar-refractivity contribution >= 4 is 17.2 Å². The fourth-order valence-corrected chi connectivity index (χ4v) is 3.33. The Labute approximate surface area is 145 Å². The van der Waals surface area contributed by atoms with Crippen LogP contribution in [0.5, 0.6) is 0 Å². The molecule has 3 rings (SSSR count). The molecular formula is C19H20N2O2S. The van der Waals surface area contributed by atoms with Gasteiger partial charge in [0.1, 0.15) is 5.76 Å². The molecule has 2 aromatic heterocycles. The van der Waals surface area contributed by atoms with E-state index in [0.717, 1.165) is 5.56 Å².